The fraction of sp³-hybridized carbons (Fsp3) is 0.143. The first-order chi connectivity index (χ1) is 7.49. The second-order valence-electron chi connectivity index (χ2n) is 2.82. The normalized spacial score (nSPS) is 11.6. The highest BCUT2D eigenvalue weighted by atomic mass is 79.9. The molecule has 2 heterocycles. The molecule has 0 aliphatic rings. The molecule has 86 valence electrons. The molecule has 2 rings (SSSR count). The van der Waals surface area contributed by atoms with Crippen molar-refractivity contribution in [3.05, 3.63) is 20.2 Å². The molecular formula is C7H6BrN3O2S3. The molecule has 1 N–H and O–H groups in total. The lowest BCUT2D eigenvalue weighted by atomic mass is 10.5. The van der Waals surface area contributed by atoms with E-state index in [2.05, 4.69) is 30.8 Å². The first kappa shape index (κ1) is 12.0. The summed E-state index contributed by atoms with van der Waals surface area (Å²) in [5, 5.41) is 7.46. The molecule has 0 aliphatic carbocycles. The summed E-state index contributed by atoms with van der Waals surface area (Å²) in [7, 11) is -3.55. The van der Waals surface area contributed by atoms with Crippen LogP contribution in [0.4, 0.5) is 5.13 Å². The summed E-state index contributed by atoms with van der Waals surface area (Å²) in [4.78, 5) is 0.989. The van der Waals surface area contributed by atoms with Gasteiger partial charge >= 0.3 is 0 Å². The fourth-order valence-corrected chi connectivity index (χ4v) is 5.19. The number of hydrogen-bond acceptors (Lipinski definition) is 6. The summed E-state index contributed by atoms with van der Waals surface area (Å²) in [6.45, 7) is 1.75. The van der Waals surface area contributed by atoms with Crippen molar-refractivity contribution in [3.63, 3.8) is 0 Å². The Labute approximate surface area is 109 Å². The van der Waals surface area contributed by atoms with Crippen molar-refractivity contribution in [2.24, 2.45) is 0 Å². The SMILES string of the molecule is Cc1sc(Br)cc1S(=O)(=O)Nc1nncs1. The van der Waals surface area contributed by atoms with Crippen molar-refractivity contribution in [2.75, 3.05) is 4.72 Å². The standard InChI is InChI=1S/C7H6BrN3O2S3/c1-4-5(2-6(8)15-4)16(12,13)11-7-10-9-3-14-7/h2-3H,1H3,(H,10,11). The number of aromatic nitrogens is 2. The third kappa shape index (κ3) is 2.42. The van der Waals surface area contributed by atoms with Gasteiger partial charge in [0.05, 0.1) is 3.79 Å². The van der Waals surface area contributed by atoms with Gasteiger partial charge in [-0.15, -0.1) is 21.5 Å². The van der Waals surface area contributed by atoms with Gasteiger partial charge in [0.15, 0.2) is 0 Å². The summed E-state index contributed by atoms with van der Waals surface area (Å²) in [6.07, 6.45) is 0. The number of nitrogens with one attached hydrogen (secondary N) is 1. The van der Waals surface area contributed by atoms with E-state index in [0.717, 1.165) is 20.0 Å². The predicted molar refractivity (Wildman–Crippen MR) is 67.5 cm³/mol. The van der Waals surface area contributed by atoms with Crippen molar-refractivity contribution in [2.45, 2.75) is 11.8 Å². The highest BCUT2D eigenvalue weighted by Crippen LogP contribution is 2.30. The van der Waals surface area contributed by atoms with Gasteiger partial charge in [0.1, 0.15) is 10.4 Å². The lowest BCUT2D eigenvalue weighted by molar-refractivity contribution is 0.601. The van der Waals surface area contributed by atoms with Gasteiger partial charge in [-0.05, 0) is 28.9 Å². The molecule has 16 heavy (non-hydrogen) atoms. The van der Waals surface area contributed by atoms with Crippen LogP contribution in [-0.2, 0) is 10.0 Å². The molecule has 2 aromatic rings. The highest BCUT2D eigenvalue weighted by Gasteiger charge is 2.20. The van der Waals surface area contributed by atoms with Crippen LogP contribution in [0.3, 0.4) is 0 Å². The molecule has 9 heteroatoms. The third-order valence-corrected chi connectivity index (χ3v) is 5.60. The zero-order chi connectivity index (χ0) is 11.8. The van der Waals surface area contributed by atoms with Crippen molar-refractivity contribution >= 4 is 53.8 Å². The van der Waals surface area contributed by atoms with Crippen LogP contribution < -0.4 is 4.72 Å². The first-order valence-corrected chi connectivity index (χ1v) is 8.01. The molecule has 0 aliphatic heterocycles. The van der Waals surface area contributed by atoms with E-state index < -0.39 is 10.0 Å². The van der Waals surface area contributed by atoms with Crippen molar-refractivity contribution < 1.29 is 8.42 Å². The first-order valence-electron chi connectivity index (χ1n) is 4.04. The van der Waals surface area contributed by atoms with Crippen LogP contribution >= 0.6 is 38.6 Å². The monoisotopic (exact) mass is 339 g/mol. The Bertz CT molecular complexity index is 590. The summed E-state index contributed by atoms with van der Waals surface area (Å²) in [5.74, 6) is 0. The summed E-state index contributed by atoms with van der Waals surface area (Å²) in [5.41, 5.74) is 1.47. The van der Waals surface area contributed by atoms with Crippen LogP contribution in [0.25, 0.3) is 0 Å². The van der Waals surface area contributed by atoms with Crippen LogP contribution in [-0.4, -0.2) is 18.6 Å². The minimum Gasteiger partial charge on any atom is -0.253 e. The summed E-state index contributed by atoms with van der Waals surface area (Å²) < 4.78 is 27.0. The Kier molecular flexibility index (Phi) is 3.29. The van der Waals surface area contributed by atoms with Crippen LogP contribution in [0.1, 0.15) is 4.88 Å². The average Bonchev–Trinajstić information content (AvgIpc) is 2.75. The quantitative estimate of drug-likeness (QED) is 0.932. The molecule has 0 atom stereocenters. The van der Waals surface area contributed by atoms with Gasteiger partial charge in [0, 0.05) is 4.88 Å². The lowest BCUT2D eigenvalue weighted by Gasteiger charge is -2.02. The molecule has 0 unspecified atom stereocenters. The minimum absolute atomic E-state index is 0.263. The van der Waals surface area contributed by atoms with Gasteiger partial charge in [-0.25, -0.2) is 8.42 Å². The van der Waals surface area contributed by atoms with Gasteiger partial charge in [-0.1, -0.05) is 11.3 Å². The minimum atomic E-state index is -3.55. The van der Waals surface area contributed by atoms with Gasteiger partial charge < -0.3 is 0 Å². The lowest BCUT2D eigenvalue weighted by Crippen LogP contribution is -2.12. The largest absolute Gasteiger partial charge is 0.264 e. The second-order valence-corrected chi connectivity index (χ2v) is 7.94. The van der Waals surface area contributed by atoms with E-state index in [4.69, 9.17) is 0 Å². The maximum atomic E-state index is 11.9. The van der Waals surface area contributed by atoms with Crippen LogP contribution in [0.2, 0.25) is 0 Å². The molecular weight excluding hydrogens is 334 g/mol. The smallest absolute Gasteiger partial charge is 0.253 e. The van der Waals surface area contributed by atoms with Crippen LogP contribution in [0, 0.1) is 6.92 Å². The number of nitrogens with zero attached hydrogens (tertiary/aromatic N) is 2. The third-order valence-electron chi connectivity index (χ3n) is 1.71. The van der Waals surface area contributed by atoms with Crippen molar-refractivity contribution in [3.8, 4) is 0 Å². The van der Waals surface area contributed by atoms with E-state index in [0.29, 0.717) is 0 Å². The van der Waals surface area contributed by atoms with E-state index in [1.54, 1.807) is 13.0 Å². The molecule has 0 fully saturated rings. The number of sulfonamides is 1. The molecule has 0 bridgehead atoms. The second kappa shape index (κ2) is 4.40. The molecule has 0 radical (unpaired) electrons. The molecule has 0 saturated heterocycles. The number of anilines is 1. The van der Waals surface area contributed by atoms with E-state index >= 15 is 0 Å². The predicted octanol–water partition coefficient (Wildman–Crippen LogP) is 2.47. The summed E-state index contributed by atoms with van der Waals surface area (Å²) in [6, 6.07) is 1.57. The maximum absolute atomic E-state index is 11.9. The van der Waals surface area contributed by atoms with E-state index in [-0.39, 0.29) is 10.0 Å². The van der Waals surface area contributed by atoms with Gasteiger partial charge in [-0.2, -0.15) is 0 Å². The van der Waals surface area contributed by atoms with Crippen LogP contribution in [0.15, 0.2) is 20.3 Å². The van der Waals surface area contributed by atoms with Gasteiger partial charge in [0.2, 0.25) is 5.13 Å². The van der Waals surface area contributed by atoms with E-state index in [9.17, 15) is 8.42 Å². The molecule has 0 amide bonds. The molecule has 0 spiro atoms. The topological polar surface area (TPSA) is 72.0 Å². The number of thiophene rings is 1. The zero-order valence-electron chi connectivity index (χ0n) is 7.97. The number of halogens is 1. The van der Waals surface area contributed by atoms with Crippen molar-refractivity contribution in [1.29, 1.82) is 0 Å². The Hall–Kier alpha value is -0.510. The number of rotatable bonds is 3. The van der Waals surface area contributed by atoms with E-state index in [1.807, 2.05) is 0 Å². The maximum Gasteiger partial charge on any atom is 0.264 e. The fourth-order valence-electron chi connectivity index (χ4n) is 1.08. The van der Waals surface area contributed by atoms with Gasteiger partial charge in [0.25, 0.3) is 10.0 Å². The zero-order valence-corrected chi connectivity index (χ0v) is 12.0. The van der Waals surface area contributed by atoms with E-state index in [1.165, 1.54) is 16.8 Å². The Morgan fingerprint density at radius 3 is 2.75 bits per heavy atom. The van der Waals surface area contributed by atoms with Crippen LogP contribution in [0.5, 0.6) is 0 Å². The molecule has 5 nitrogen and oxygen atoms in total. The average molecular weight is 340 g/mol. The Morgan fingerprint density at radius 1 is 1.50 bits per heavy atom. The van der Waals surface area contributed by atoms with Gasteiger partial charge in [-0.3, -0.25) is 4.72 Å². The molecule has 2 aromatic heterocycles. The number of hydrogen-bond donors (Lipinski definition) is 1. The molecule has 0 saturated carbocycles. The van der Waals surface area contributed by atoms with Crippen molar-refractivity contribution in [1.82, 2.24) is 10.2 Å². The number of aryl methyl sites for hydroxylation is 1. The Balaban J connectivity index is 2.36. The highest BCUT2D eigenvalue weighted by molar-refractivity contribution is 9.11. The molecule has 0 aromatic carbocycles. The summed E-state index contributed by atoms with van der Waals surface area (Å²) >= 11 is 5.76. The Morgan fingerprint density at radius 2 is 2.25 bits per heavy atom.